The van der Waals surface area contributed by atoms with E-state index in [1.165, 1.54) is 0 Å². The van der Waals surface area contributed by atoms with Crippen molar-refractivity contribution in [3.05, 3.63) is 34.7 Å². The molecular formula is C15H19NO3. The van der Waals surface area contributed by atoms with E-state index in [9.17, 15) is 4.79 Å². The first-order valence-corrected chi connectivity index (χ1v) is 6.48. The molecule has 0 aliphatic heterocycles. The summed E-state index contributed by atoms with van der Waals surface area (Å²) in [6.45, 7) is 2.74. The summed E-state index contributed by atoms with van der Waals surface area (Å²) in [5.41, 5.74) is -0.0273. The Morgan fingerprint density at radius 2 is 2.00 bits per heavy atom. The van der Waals surface area contributed by atoms with E-state index in [0.717, 1.165) is 18.2 Å². The first-order chi connectivity index (χ1) is 9.19. The van der Waals surface area contributed by atoms with E-state index in [-0.39, 0.29) is 5.56 Å². The van der Waals surface area contributed by atoms with E-state index in [1.807, 2.05) is 6.07 Å². The molecule has 0 N–H and O–H groups in total. The molecular weight excluding hydrogens is 242 g/mol. The number of hydrogen-bond acceptors (Lipinski definition) is 3. The van der Waals surface area contributed by atoms with Crippen LogP contribution in [0.15, 0.2) is 29.2 Å². The number of nitrogens with zero attached hydrogens (tertiary/aromatic N) is 1. The fourth-order valence-electron chi connectivity index (χ4n) is 2.00. The summed E-state index contributed by atoms with van der Waals surface area (Å²) in [6.07, 6.45) is 3.79. The zero-order valence-electron chi connectivity index (χ0n) is 11.6. The third-order valence-corrected chi connectivity index (χ3v) is 3.14. The highest BCUT2D eigenvalue weighted by Gasteiger charge is 2.12. The number of ether oxygens (including phenoxy) is 2. The molecule has 4 nitrogen and oxygen atoms in total. The summed E-state index contributed by atoms with van der Waals surface area (Å²) in [6, 6.07) is 5.45. The quantitative estimate of drug-likeness (QED) is 0.777. The lowest BCUT2D eigenvalue weighted by atomic mass is 10.1. The van der Waals surface area contributed by atoms with Crippen molar-refractivity contribution in [2.24, 2.45) is 7.05 Å². The number of benzene rings is 1. The van der Waals surface area contributed by atoms with E-state index in [2.05, 4.69) is 6.92 Å². The predicted molar refractivity (Wildman–Crippen MR) is 76.1 cm³/mol. The minimum atomic E-state index is -0.0273. The number of unbranched alkanes of at least 4 members (excludes halogenated alkanes) is 1. The largest absolute Gasteiger partial charge is 0.493 e. The fourth-order valence-corrected chi connectivity index (χ4v) is 2.00. The van der Waals surface area contributed by atoms with Gasteiger partial charge in [0, 0.05) is 18.6 Å². The lowest BCUT2D eigenvalue weighted by Crippen LogP contribution is -2.15. The zero-order valence-corrected chi connectivity index (χ0v) is 11.6. The highest BCUT2D eigenvalue weighted by atomic mass is 16.5. The number of methoxy groups -OCH3 is 1. The molecule has 0 aliphatic carbocycles. The SMILES string of the molecule is CCCCOc1c(OC)ccc2c(=O)n(C)ccc12. The number of hydrogen-bond donors (Lipinski definition) is 0. The first-order valence-electron chi connectivity index (χ1n) is 6.48. The van der Waals surface area contributed by atoms with Crippen LogP contribution in [0.4, 0.5) is 0 Å². The van der Waals surface area contributed by atoms with Crippen molar-refractivity contribution in [2.75, 3.05) is 13.7 Å². The molecule has 1 aromatic carbocycles. The minimum absolute atomic E-state index is 0.0273. The summed E-state index contributed by atoms with van der Waals surface area (Å²) in [5.74, 6) is 1.32. The molecule has 4 heteroatoms. The van der Waals surface area contributed by atoms with Crippen LogP contribution in [0.2, 0.25) is 0 Å². The minimum Gasteiger partial charge on any atom is -0.493 e. The standard InChI is InChI=1S/C15H19NO3/c1-4-5-10-19-14-11-8-9-16(2)15(17)12(11)6-7-13(14)18-3/h6-9H,4-5,10H2,1-3H3. The maximum absolute atomic E-state index is 12.1. The summed E-state index contributed by atoms with van der Waals surface area (Å²) in [4.78, 5) is 12.1. The molecule has 1 heterocycles. The molecule has 102 valence electrons. The molecule has 0 fully saturated rings. The normalized spacial score (nSPS) is 10.7. The number of fused-ring (bicyclic) bond motifs is 1. The Morgan fingerprint density at radius 1 is 1.21 bits per heavy atom. The molecule has 0 bridgehead atoms. The Balaban J connectivity index is 2.56. The maximum Gasteiger partial charge on any atom is 0.258 e. The predicted octanol–water partition coefficient (Wildman–Crippen LogP) is 2.73. The second-order valence-electron chi connectivity index (χ2n) is 4.49. The van der Waals surface area contributed by atoms with Gasteiger partial charge in [-0.3, -0.25) is 4.79 Å². The lowest BCUT2D eigenvalue weighted by molar-refractivity contribution is 0.292. The van der Waals surface area contributed by atoms with Crippen molar-refractivity contribution >= 4 is 10.8 Å². The summed E-state index contributed by atoms with van der Waals surface area (Å²) < 4.78 is 12.7. The molecule has 19 heavy (non-hydrogen) atoms. The lowest BCUT2D eigenvalue weighted by Gasteiger charge is -2.13. The highest BCUT2D eigenvalue weighted by Crippen LogP contribution is 2.34. The van der Waals surface area contributed by atoms with Crippen molar-refractivity contribution in [3.8, 4) is 11.5 Å². The van der Waals surface area contributed by atoms with Crippen LogP contribution in [0.5, 0.6) is 11.5 Å². The van der Waals surface area contributed by atoms with E-state index >= 15 is 0 Å². The van der Waals surface area contributed by atoms with Crippen LogP contribution in [0.1, 0.15) is 19.8 Å². The van der Waals surface area contributed by atoms with Crippen LogP contribution in [-0.2, 0) is 7.05 Å². The van der Waals surface area contributed by atoms with Gasteiger partial charge < -0.3 is 14.0 Å². The Hall–Kier alpha value is -1.97. The van der Waals surface area contributed by atoms with Crippen molar-refractivity contribution in [2.45, 2.75) is 19.8 Å². The second kappa shape index (κ2) is 5.78. The Morgan fingerprint density at radius 3 is 2.68 bits per heavy atom. The maximum atomic E-state index is 12.1. The monoisotopic (exact) mass is 261 g/mol. The molecule has 0 amide bonds. The van der Waals surface area contributed by atoms with Gasteiger partial charge in [0.1, 0.15) is 0 Å². The summed E-state index contributed by atoms with van der Waals surface area (Å²) >= 11 is 0. The average Bonchev–Trinajstić information content (AvgIpc) is 2.43. The van der Waals surface area contributed by atoms with Gasteiger partial charge >= 0.3 is 0 Å². The van der Waals surface area contributed by atoms with Crippen molar-refractivity contribution < 1.29 is 9.47 Å². The molecule has 1 aromatic heterocycles. The number of rotatable bonds is 5. The molecule has 0 saturated heterocycles. The van der Waals surface area contributed by atoms with Crippen LogP contribution in [0.3, 0.4) is 0 Å². The van der Waals surface area contributed by atoms with Gasteiger partial charge in [0.2, 0.25) is 0 Å². The third kappa shape index (κ3) is 2.57. The summed E-state index contributed by atoms with van der Waals surface area (Å²) in [5, 5.41) is 1.45. The van der Waals surface area contributed by atoms with Gasteiger partial charge in [-0.2, -0.15) is 0 Å². The van der Waals surface area contributed by atoms with Crippen molar-refractivity contribution in [1.82, 2.24) is 4.57 Å². The average molecular weight is 261 g/mol. The van der Waals surface area contributed by atoms with Gasteiger partial charge in [-0.05, 0) is 24.6 Å². The molecule has 0 unspecified atom stereocenters. The van der Waals surface area contributed by atoms with E-state index < -0.39 is 0 Å². The Bertz CT molecular complexity index is 631. The van der Waals surface area contributed by atoms with Crippen LogP contribution in [0.25, 0.3) is 10.8 Å². The highest BCUT2D eigenvalue weighted by molar-refractivity contribution is 5.90. The van der Waals surface area contributed by atoms with Crippen LogP contribution >= 0.6 is 0 Å². The van der Waals surface area contributed by atoms with Gasteiger partial charge in [-0.1, -0.05) is 13.3 Å². The number of aryl methyl sites for hydroxylation is 1. The molecule has 0 aliphatic rings. The molecule has 0 spiro atoms. The van der Waals surface area contributed by atoms with Gasteiger partial charge in [-0.15, -0.1) is 0 Å². The van der Waals surface area contributed by atoms with Gasteiger partial charge in [0.25, 0.3) is 5.56 Å². The molecule has 0 atom stereocenters. The molecule has 2 aromatic rings. The van der Waals surface area contributed by atoms with Crippen molar-refractivity contribution in [1.29, 1.82) is 0 Å². The van der Waals surface area contributed by atoms with Crippen LogP contribution in [-0.4, -0.2) is 18.3 Å². The smallest absolute Gasteiger partial charge is 0.258 e. The summed E-state index contributed by atoms with van der Waals surface area (Å²) in [7, 11) is 3.35. The van der Waals surface area contributed by atoms with Gasteiger partial charge in [0.15, 0.2) is 11.5 Å². The Labute approximate surface area is 112 Å². The third-order valence-electron chi connectivity index (χ3n) is 3.14. The van der Waals surface area contributed by atoms with Crippen molar-refractivity contribution in [3.63, 3.8) is 0 Å². The van der Waals surface area contributed by atoms with Gasteiger partial charge in [0.05, 0.1) is 19.1 Å². The number of pyridine rings is 1. The zero-order chi connectivity index (χ0) is 13.8. The van der Waals surface area contributed by atoms with E-state index in [1.54, 1.807) is 37.1 Å². The number of aromatic nitrogens is 1. The first kappa shape index (κ1) is 13.5. The Kier molecular flexibility index (Phi) is 4.10. The topological polar surface area (TPSA) is 40.5 Å². The van der Waals surface area contributed by atoms with Gasteiger partial charge in [-0.25, -0.2) is 0 Å². The molecule has 2 rings (SSSR count). The second-order valence-corrected chi connectivity index (χ2v) is 4.49. The fraction of sp³-hybridized carbons (Fsp3) is 0.400. The van der Waals surface area contributed by atoms with E-state index in [0.29, 0.717) is 23.5 Å². The van der Waals surface area contributed by atoms with Crippen LogP contribution < -0.4 is 15.0 Å². The van der Waals surface area contributed by atoms with Crippen LogP contribution in [0, 0.1) is 0 Å². The molecule has 0 radical (unpaired) electrons. The molecule has 0 saturated carbocycles. The van der Waals surface area contributed by atoms with E-state index in [4.69, 9.17) is 9.47 Å².